The van der Waals surface area contributed by atoms with Gasteiger partial charge >= 0.3 is 0 Å². The van der Waals surface area contributed by atoms with Gasteiger partial charge in [0.15, 0.2) is 0 Å². The number of likely N-dealkylation sites (tertiary alicyclic amines) is 1. The standard InChI is InChI=1S/C9H16N2O/c1-7(12)11-5-3-8-2-4-9(8,11)6-10/h8H,2-6,10H2,1H3. The third-order valence-corrected chi connectivity index (χ3v) is 3.66. The van der Waals surface area contributed by atoms with Gasteiger partial charge in [-0.05, 0) is 25.2 Å². The van der Waals surface area contributed by atoms with Gasteiger partial charge in [-0.3, -0.25) is 4.79 Å². The molecule has 68 valence electrons. The Morgan fingerprint density at radius 1 is 1.67 bits per heavy atom. The maximum Gasteiger partial charge on any atom is 0.219 e. The predicted octanol–water partition coefficient (Wildman–Crippen LogP) is 0.346. The van der Waals surface area contributed by atoms with E-state index in [4.69, 9.17) is 5.73 Å². The largest absolute Gasteiger partial charge is 0.336 e. The van der Waals surface area contributed by atoms with Crippen LogP contribution in [-0.4, -0.2) is 29.4 Å². The Hall–Kier alpha value is -0.570. The molecular weight excluding hydrogens is 152 g/mol. The van der Waals surface area contributed by atoms with Crippen LogP contribution in [-0.2, 0) is 4.79 Å². The number of fused-ring (bicyclic) bond motifs is 1. The molecule has 0 bridgehead atoms. The van der Waals surface area contributed by atoms with E-state index in [2.05, 4.69) is 0 Å². The molecule has 2 rings (SSSR count). The Labute approximate surface area is 72.9 Å². The first-order valence-electron chi connectivity index (χ1n) is 4.69. The molecule has 1 heterocycles. The van der Waals surface area contributed by atoms with Crippen LogP contribution >= 0.6 is 0 Å². The van der Waals surface area contributed by atoms with Gasteiger partial charge in [0, 0.05) is 20.0 Å². The average molecular weight is 168 g/mol. The molecule has 1 saturated carbocycles. The molecule has 1 aliphatic heterocycles. The van der Waals surface area contributed by atoms with E-state index in [1.54, 1.807) is 6.92 Å². The van der Waals surface area contributed by atoms with Crippen LogP contribution in [0.2, 0.25) is 0 Å². The van der Waals surface area contributed by atoms with Crippen LogP contribution in [0.15, 0.2) is 0 Å². The lowest BCUT2D eigenvalue weighted by Gasteiger charge is -2.49. The van der Waals surface area contributed by atoms with Gasteiger partial charge in [-0.2, -0.15) is 0 Å². The molecule has 2 atom stereocenters. The molecule has 1 saturated heterocycles. The summed E-state index contributed by atoms with van der Waals surface area (Å²) in [6, 6.07) is 0. The zero-order valence-corrected chi connectivity index (χ0v) is 7.55. The molecule has 3 nitrogen and oxygen atoms in total. The van der Waals surface area contributed by atoms with E-state index in [1.165, 1.54) is 6.42 Å². The average Bonchev–Trinajstić information content (AvgIpc) is 2.24. The maximum atomic E-state index is 11.3. The van der Waals surface area contributed by atoms with Gasteiger partial charge in [0.1, 0.15) is 0 Å². The lowest BCUT2D eigenvalue weighted by Crippen LogP contribution is -2.60. The molecular formula is C9H16N2O. The number of hydrogen-bond donors (Lipinski definition) is 1. The van der Waals surface area contributed by atoms with Crippen molar-refractivity contribution in [2.75, 3.05) is 13.1 Å². The van der Waals surface area contributed by atoms with Crippen molar-refractivity contribution in [1.29, 1.82) is 0 Å². The third-order valence-electron chi connectivity index (χ3n) is 3.66. The molecule has 2 unspecified atom stereocenters. The summed E-state index contributed by atoms with van der Waals surface area (Å²) in [6.45, 7) is 3.23. The van der Waals surface area contributed by atoms with Gasteiger partial charge in [0.2, 0.25) is 5.91 Å². The van der Waals surface area contributed by atoms with Gasteiger partial charge in [0.25, 0.3) is 0 Å². The Morgan fingerprint density at radius 3 is 2.75 bits per heavy atom. The van der Waals surface area contributed by atoms with Gasteiger partial charge in [-0.25, -0.2) is 0 Å². The van der Waals surface area contributed by atoms with E-state index in [9.17, 15) is 4.79 Å². The van der Waals surface area contributed by atoms with Crippen molar-refractivity contribution in [3.63, 3.8) is 0 Å². The lowest BCUT2D eigenvalue weighted by molar-refractivity contribution is -0.136. The first kappa shape index (κ1) is 8.05. The molecule has 1 aliphatic carbocycles. The quantitative estimate of drug-likeness (QED) is 0.614. The number of carbonyl (C=O) groups excluding carboxylic acids is 1. The van der Waals surface area contributed by atoms with Crippen molar-refractivity contribution >= 4 is 5.91 Å². The number of rotatable bonds is 1. The summed E-state index contributed by atoms with van der Waals surface area (Å²) in [7, 11) is 0. The van der Waals surface area contributed by atoms with Crippen molar-refractivity contribution in [3.8, 4) is 0 Å². The number of hydrogen-bond acceptors (Lipinski definition) is 2. The topological polar surface area (TPSA) is 46.3 Å². The smallest absolute Gasteiger partial charge is 0.219 e. The van der Waals surface area contributed by atoms with E-state index in [-0.39, 0.29) is 11.4 Å². The van der Waals surface area contributed by atoms with E-state index in [0.29, 0.717) is 12.5 Å². The van der Waals surface area contributed by atoms with Crippen LogP contribution in [0, 0.1) is 5.92 Å². The van der Waals surface area contributed by atoms with Crippen molar-refractivity contribution in [3.05, 3.63) is 0 Å². The van der Waals surface area contributed by atoms with E-state index in [1.807, 2.05) is 4.90 Å². The van der Waals surface area contributed by atoms with Gasteiger partial charge in [-0.1, -0.05) is 0 Å². The second-order valence-electron chi connectivity index (χ2n) is 4.00. The normalized spacial score (nSPS) is 39.2. The summed E-state index contributed by atoms with van der Waals surface area (Å²) in [5.41, 5.74) is 5.82. The highest BCUT2D eigenvalue weighted by atomic mass is 16.2. The van der Waals surface area contributed by atoms with Crippen LogP contribution in [0.25, 0.3) is 0 Å². The van der Waals surface area contributed by atoms with Crippen LogP contribution in [0.1, 0.15) is 26.2 Å². The molecule has 0 aromatic carbocycles. The van der Waals surface area contributed by atoms with E-state index in [0.717, 1.165) is 19.4 Å². The lowest BCUT2D eigenvalue weighted by atomic mass is 9.67. The van der Waals surface area contributed by atoms with E-state index < -0.39 is 0 Å². The van der Waals surface area contributed by atoms with Crippen molar-refractivity contribution in [1.82, 2.24) is 4.90 Å². The van der Waals surface area contributed by atoms with Crippen LogP contribution in [0.4, 0.5) is 0 Å². The molecule has 3 heteroatoms. The molecule has 0 aromatic rings. The number of nitrogens with zero attached hydrogens (tertiary/aromatic N) is 1. The SMILES string of the molecule is CC(=O)N1CCC2CCC21CN. The van der Waals surface area contributed by atoms with Crippen molar-refractivity contribution < 1.29 is 4.79 Å². The molecule has 0 spiro atoms. The van der Waals surface area contributed by atoms with E-state index >= 15 is 0 Å². The first-order valence-corrected chi connectivity index (χ1v) is 4.69. The third kappa shape index (κ3) is 0.774. The molecule has 0 radical (unpaired) electrons. The Kier molecular flexibility index (Phi) is 1.65. The Morgan fingerprint density at radius 2 is 2.42 bits per heavy atom. The van der Waals surface area contributed by atoms with Gasteiger partial charge < -0.3 is 10.6 Å². The Bertz CT molecular complexity index is 213. The summed E-state index contributed by atoms with van der Waals surface area (Å²) in [4.78, 5) is 13.3. The molecule has 2 aliphatic rings. The zero-order valence-electron chi connectivity index (χ0n) is 7.55. The minimum atomic E-state index is 0.0752. The number of nitrogens with two attached hydrogens (primary N) is 1. The minimum Gasteiger partial charge on any atom is -0.336 e. The summed E-state index contributed by atoms with van der Waals surface area (Å²) in [5, 5.41) is 0. The number of amides is 1. The van der Waals surface area contributed by atoms with Gasteiger partial charge in [-0.15, -0.1) is 0 Å². The molecule has 2 fully saturated rings. The second-order valence-corrected chi connectivity index (χ2v) is 4.00. The summed E-state index contributed by atoms with van der Waals surface area (Å²) >= 11 is 0. The fourth-order valence-corrected chi connectivity index (χ4v) is 2.81. The highest BCUT2D eigenvalue weighted by Crippen LogP contribution is 2.49. The summed E-state index contributed by atoms with van der Waals surface area (Å²) in [5.74, 6) is 0.897. The summed E-state index contributed by atoms with van der Waals surface area (Å²) in [6.07, 6.45) is 3.55. The Balaban J connectivity index is 2.21. The number of carbonyl (C=O) groups is 1. The summed E-state index contributed by atoms with van der Waals surface area (Å²) < 4.78 is 0. The molecule has 0 aromatic heterocycles. The molecule has 1 amide bonds. The van der Waals surface area contributed by atoms with Gasteiger partial charge in [0.05, 0.1) is 5.54 Å². The molecule has 2 N–H and O–H groups in total. The highest BCUT2D eigenvalue weighted by molar-refractivity contribution is 5.75. The van der Waals surface area contributed by atoms with Crippen LogP contribution < -0.4 is 5.73 Å². The maximum absolute atomic E-state index is 11.3. The first-order chi connectivity index (χ1) is 5.70. The molecule has 12 heavy (non-hydrogen) atoms. The minimum absolute atomic E-state index is 0.0752. The van der Waals surface area contributed by atoms with Crippen molar-refractivity contribution in [2.45, 2.75) is 31.7 Å². The van der Waals surface area contributed by atoms with Crippen molar-refractivity contribution in [2.24, 2.45) is 11.7 Å². The fraction of sp³-hybridized carbons (Fsp3) is 0.889. The predicted molar refractivity (Wildman–Crippen MR) is 46.5 cm³/mol. The second kappa shape index (κ2) is 2.46. The highest BCUT2D eigenvalue weighted by Gasteiger charge is 2.54. The zero-order chi connectivity index (χ0) is 8.77. The monoisotopic (exact) mass is 168 g/mol. The van der Waals surface area contributed by atoms with Crippen LogP contribution in [0.3, 0.4) is 0 Å². The fourth-order valence-electron chi connectivity index (χ4n) is 2.81. The van der Waals surface area contributed by atoms with Crippen LogP contribution in [0.5, 0.6) is 0 Å².